The van der Waals surface area contributed by atoms with Crippen molar-refractivity contribution in [2.75, 3.05) is 6.54 Å². The molecule has 1 aliphatic carbocycles. The Morgan fingerprint density at radius 1 is 1.42 bits per heavy atom. The fraction of sp³-hybridized carbons (Fsp3) is 0.571. The molecule has 0 atom stereocenters. The number of hydrogen-bond donors (Lipinski definition) is 1. The molecule has 0 aliphatic heterocycles. The van der Waals surface area contributed by atoms with E-state index in [-0.39, 0.29) is 16.5 Å². The van der Waals surface area contributed by atoms with Crippen LogP contribution in [0.2, 0.25) is 10.2 Å². The Bertz CT molecular complexity index is 471. The lowest BCUT2D eigenvalue weighted by Crippen LogP contribution is -2.35. The van der Waals surface area contributed by atoms with Crippen LogP contribution in [0.15, 0.2) is 12.3 Å². The van der Waals surface area contributed by atoms with E-state index in [0.717, 1.165) is 13.0 Å². The quantitative estimate of drug-likeness (QED) is 0.851. The van der Waals surface area contributed by atoms with Crippen molar-refractivity contribution in [2.24, 2.45) is 5.41 Å². The molecule has 19 heavy (non-hydrogen) atoms. The summed E-state index contributed by atoms with van der Waals surface area (Å²) in [7, 11) is 0. The van der Waals surface area contributed by atoms with Gasteiger partial charge in [0.2, 0.25) is 0 Å². The van der Waals surface area contributed by atoms with Gasteiger partial charge in [-0.2, -0.15) is 0 Å². The second-order valence-electron chi connectivity index (χ2n) is 5.24. The lowest BCUT2D eigenvalue weighted by atomic mass is 9.83. The standard InChI is InChI=1S/C14H18Cl2N2O/c1-2-14(5-3-4-6-14)9-18-13(19)10-7-11(15)12(16)17-8-10/h7-8H,2-6,9H2,1H3,(H,18,19). The second-order valence-corrected chi connectivity index (χ2v) is 6.01. The van der Waals surface area contributed by atoms with Crippen LogP contribution in [0.25, 0.3) is 0 Å². The maximum Gasteiger partial charge on any atom is 0.252 e. The molecule has 0 aromatic carbocycles. The van der Waals surface area contributed by atoms with E-state index in [9.17, 15) is 4.79 Å². The summed E-state index contributed by atoms with van der Waals surface area (Å²) in [6, 6.07) is 1.56. The second kappa shape index (κ2) is 6.10. The molecule has 1 heterocycles. The lowest BCUT2D eigenvalue weighted by Gasteiger charge is -2.27. The van der Waals surface area contributed by atoms with Gasteiger partial charge in [0.25, 0.3) is 5.91 Å². The predicted octanol–water partition coefficient (Wildman–Crippen LogP) is 4.09. The van der Waals surface area contributed by atoms with Crippen LogP contribution >= 0.6 is 23.2 Å². The highest BCUT2D eigenvalue weighted by Gasteiger charge is 2.32. The third-order valence-electron chi connectivity index (χ3n) is 4.10. The maximum absolute atomic E-state index is 12.1. The van der Waals surface area contributed by atoms with Crippen molar-refractivity contribution in [1.29, 1.82) is 0 Å². The smallest absolute Gasteiger partial charge is 0.252 e. The van der Waals surface area contributed by atoms with E-state index in [1.165, 1.54) is 31.9 Å². The summed E-state index contributed by atoms with van der Waals surface area (Å²) in [6.07, 6.45) is 7.48. The van der Waals surface area contributed by atoms with E-state index in [1.807, 2.05) is 0 Å². The predicted molar refractivity (Wildman–Crippen MR) is 77.8 cm³/mol. The van der Waals surface area contributed by atoms with Gasteiger partial charge in [0.15, 0.2) is 0 Å². The van der Waals surface area contributed by atoms with Crippen LogP contribution in [0.5, 0.6) is 0 Å². The topological polar surface area (TPSA) is 42.0 Å². The van der Waals surface area contributed by atoms with E-state index < -0.39 is 0 Å². The molecule has 104 valence electrons. The van der Waals surface area contributed by atoms with Gasteiger partial charge in [-0.25, -0.2) is 4.98 Å². The van der Waals surface area contributed by atoms with Gasteiger partial charge in [-0.15, -0.1) is 0 Å². The first-order chi connectivity index (χ1) is 9.06. The van der Waals surface area contributed by atoms with Crippen molar-refractivity contribution in [3.63, 3.8) is 0 Å². The number of carbonyl (C=O) groups excluding carboxylic acids is 1. The minimum atomic E-state index is -0.134. The van der Waals surface area contributed by atoms with E-state index >= 15 is 0 Å². The molecular weight excluding hydrogens is 283 g/mol. The highest BCUT2D eigenvalue weighted by Crippen LogP contribution is 2.40. The number of halogens is 2. The van der Waals surface area contributed by atoms with Gasteiger partial charge in [0, 0.05) is 12.7 Å². The van der Waals surface area contributed by atoms with Crippen molar-refractivity contribution in [2.45, 2.75) is 39.0 Å². The monoisotopic (exact) mass is 300 g/mol. The molecule has 0 unspecified atom stereocenters. The van der Waals surface area contributed by atoms with Crippen molar-refractivity contribution < 1.29 is 4.79 Å². The van der Waals surface area contributed by atoms with E-state index in [4.69, 9.17) is 23.2 Å². The summed E-state index contributed by atoms with van der Waals surface area (Å²) in [5, 5.41) is 3.53. The zero-order chi connectivity index (χ0) is 13.9. The molecule has 1 amide bonds. The fourth-order valence-corrected chi connectivity index (χ4v) is 2.97. The average Bonchev–Trinajstić information content (AvgIpc) is 2.89. The van der Waals surface area contributed by atoms with Gasteiger partial charge in [-0.05, 0) is 30.7 Å². The van der Waals surface area contributed by atoms with Crippen molar-refractivity contribution >= 4 is 29.1 Å². The molecule has 0 bridgehead atoms. The first-order valence-electron chi connectivity index (χ1n) is 6.65. The van der Waals surface area contributed by atoms with Crippen molar-refractivity contribution in [3.05, 3.63) is 28.0 Å². The summed E-state index contributed by atoms with van der Waals surface area (Å²) in [6.45, 7) is 2.92. The summed E-state index contributed by atoms with van der Waals surface area (Å²) in [5.41, 5.74) is 0.734. The Balaban J connectivity index is 1.99. The SMILES string of the molecule is CCC1(CNC(=O)c2cnc(Cl)c(Cl)c2)CCCC1. The first-order valence-corrected chi connectivity index (χ1v) is 7.41. The van der Waals surface area contributed by atoms with Gasteiger partial charge in [0.1, 0.15) is 5.15 Å². The highest BCUT2D eigenvalue weighted by molar-refractivity contribution is 6.41. The summed E-state index contributed by atoms with van der Waals surface area (Å²) < 4.78 is 0. The van der Waals surface area contributed by atoms with Gasteiger partial charge in [0.05, 0.1) is 10.6 Å². The van der Waals surface area contributed by atoms with Crippen molar-refractivity contribution in [3.8, 4) is 0 Å². The van der Waals surface area contributed by atoms with E-state index in [2.05, 4.69) is 17.2 Å². The number of nitrogens with one attached hydrogen (secondary N) is 1. The van der Waals surface area contributed by atoms with Gasteiger partial charge < -0.3 is 5.32 Å². The minimum absolute atomic E-state index is 0.134. The highest BCUT2D eigenvalue weighted by atomic mass is 35.5. The zero-order valence-corrected chi connectivity index (χ0v) is 12.5. The molecule has 0 radical (unpaired) electrons. The molecule has 1 aliphatic rings. The summed E-state index contributed by atoms with van der Waals surface area (Å²) in [4.78, 5) is 16.0. The van der Waals surface area contributed by atoms with Crippen LogP contribution in [0.1, 0.15) is 49.4 Å². The number of nitrogens with zero attached hydrogens (tertiary/aromatic N) is 1. The molecule has 1 aromatic heterocycles. The zero-order valence-electron chi connectivity index (χ0n) is 11.0. The molecule has 5 heteroatoms. The molecule has 1 N–H and O–H groups in total. The number of pyridine rings is 1. The third-order valence-corrected chi connectivity index (χ3v) is 4.78. The maximum atomic E-state index is 12.1. The Morgan fingerprint density at radius 3 is 2.68 bits per heavy atom. The molecule has 0 spiro atoms. The lowest BCUT2D eigenvalue weighted by molar-refractivity contribution is 0.0928. The number of aromatic nitrogens is 1. The normalized spacial score (nSPS) is 17.4. The summed E-state index contributed by atoms with van der Waals surface area (Å²) in [5.74, 6) is -0.134. The fourth-order valence-electron chi connectivity index (χ4n) is 2.70. The Hall–Kier alpha value is -0.800. The largest absolute Gasteiger partial charge is 0.351 e. The molecule has 0 saturated heterocycles. The first kappa shape index (κ1) is 14.6. The molecule has 1 fully saturated rings. The number of hydrogen-bond acceptors (Lipinski definition) is 2. The Kier molecular flexibility index (Phi) is 4.69. The van der Waals surface area contributed by atoms with Crippen LogP contribution in [-0.4, -0.2) is 17.4 Å². The van der Waals surface area contributed by atoms with Crippen LogP contribution in [0, 0.1) is 5.41 Å². The molecule has 1 aromatic rings. The molecule has 3 nitrogen and oxygen atoms in total. The van der Waals surface area contributed by atoms with Gasteiger partial charge in [-0.3, -0.25) is 4.79 Å². The number of rotatable bonds is 4. The van der Waals surface area contributed by atoms with Crippen LogP contribution in [0.4, 0.5) is 0 Å². The average molecular weight is 301 g/mol. The molecular formula is C14H18Cl2N2O. The van der Waals surface area contributed by atoms with Gasteiger partial charge in [-0.1, -0.05) is 43.0 Å². The Labute approximate surface area is 123 Å². The number of amides is 1. The van der Waals surface area contributed by atoms with Crippen molar-refractivity contribution in [1.82, 2.24) is 10.3 Å². The Morgan fingerprint density at radius 2 is 2.11 bits per heavy atom. The van der Waals surface area contributed by atoms with Crippen LogP contribution < -0.4 is 5.32 Å². The van der Waals surface area contributed by atoms with E-state index in [0.29, 0.717) is 10.6 Å². The minimum Gasteiger partial charge on any atom is -0.351 e. The van der Waals surface area contributed by atoms with Crippen LogP contribution in [-0.2, 0) is 0 Å². The number of carbonyl (C=O) groups is 1. The molecule has 2 rings (SSSR count). The van der Waals surface area contributed by atoms with Gasteiger partial charge >= 0.3 is 0 Å². The van der Waals surface area contributed by atoms with Crippen LogP contribution in [0.3, 0.4) is 0 Å². The molecule has 1 saturated carbocycles. The van der Waals surface area contributed by atoms with E-state index in [1.54, 1.807) is 6.07 Å². The third kappa shape index (κ3) is 3.40. The summed E-state index contributed by atoms with van der Waals surface area (Å²) >= 11 is 11.6.